The molecule has 0 fully saturated rings. The fourth-order valence-corrected chi connectivity index (χ4v) is 4.15. The first-order valence-corrected chi connectivity index (χ1v) is 11.2. The van der Waals surface area contributed by atoms with Crippen LogP contribution in [-0.4, -0.2) is 0 Å². The molecule has 0 N–H and O–H groups in total. The number of rotatable bonds is 7. The molecular weight excluding hydrogens is 410 g/mol. The minimum atomic E-state index is -0.387. The van der Waals surface area contributed by atoms with Crippen LogP contribution in [0.25, 0.3) is 33.0 Å². The summed E-state index contributed by atoms with van der Waals surface area (Å²) in [5, 5.41) is 2.05. The number of hydrogen-bond donors (Lipinski definition) is 0. The molecule has 0 aromatic heterocycles. The predicted molar refractivity (Wildman–Crippen MR) is 128 cm³/mol. The molecule has 4 aromatic rings. The van der Waals surface area contributed by atoms with E-state index < -0.39 is 0 Å². The van der Waals surface area contributed by atoms with Gasteiger partial charge < -0.3 is 0 Å². The number of hydrogen-bond acceptors (Lipinski definition) is 0. The SMILES string of the molecule is CCCCCCc1ccc2c(F)c(-c3ccc(-c4ccc(Cl)cc4)c(F)c3)ccc2c1. The minimum absolute atomic E-state index is 0.311. The summed E-state index contributed by atoms with van der Waals surface area (Å²) in [5.41, 5.74) is 3.37. The summed E-state index contributed by atoms with van der Waals surface area (Å²) >= 11 is 5.92. The molecule has 0 aliphatic rings. The van der Waals surface area contributed by atoms with Gasteiger partial charge in [0, 0.05) is 21.5 Å². The van der Waals surface area contributed by atoms with Gasteiger partial charge in [0.2, 0.25) is 0 Å². The molecule has 0 unspecified atom stereocenters. The zero-order chi connectivity index (χ0) is 21.8. The molecule has 0 atom stereocenters. The van der Waals surface area contributed by atoms with Crippen LogP contribution in [0, 0.1) is 11.6 Å². The lowest BCUT2D eigenvalue weighted by Crippen LogP contribution is -1.92. The molecule has 0 bridgehead atoms. The van der Waals surface area contributed by atoms with Gasteiger partial charge in [0.05, 0.1) is 0 Å². The van der Waals surface area contributed by atoms with Gasteiger partial charge in [-0.1, -0.05) is 92.4 Å². The van der Waals surface area contributed by atoms with E-state index in [4.69, 9.17) is 11.6 Å². The Hall–Kier alpha value is -2.71. The molecular formula is C28H25ClF2. The van der Waals surface area contributed by atoms with Crippen molar-refractivity contribution in [3.8, 4) is 22.3 Å². The monoisotopic (exact) mass is 434 g/mol. The molecule has 0 aliphatic carbocycles. The van der Waals surface area contributed by atoms with Crippen molar-refractivity contribution < 1.29 is 8.78 Å². The van der Waals surface area contributed by atoms with Crippen molar-refractivity contribution in [2.45, 2.75) is 39.0 Å². The Balaban J connectivity index is 1.62. The zero-order valence-electron chi connectivity index (χ0n) is 17.6. The van der Waals surface area contributed by atoms with Gasteiger partial charge in [0.15, 0.2) is 0 Å². The lowest BCUT2D eigenvalue weighted by Gasteiger charge is -2.11. The van der Waals surface area contributed by atoms with Gasteiger partial charge in [-0.15, -0.1) is 0 Å². The first-order chi connectivity index (χ1) is 15.1. The molecule has 0 amide bonds. The summed E-state index contributed by atoms with van der Waals surface area (Å²) < 4.78 is 30.1. The lowest BCUT2D eigenvalue weighted by atomic mass is 9.96. The molecule has 0 aliphatic heterocycles. The zero-order valence-corrected chi connectivity index (χ0v) is 18.4. The molecule has 158 valence electrons. The Morgan fingerprint density at radius 2 is 1.45 bits per heavy atom. The summed E-state index contributed by atoms with van der Waals surface area (Å²) in [5.74, 6) is -0.699. The average Bonchev–Trinajstić information content (AvgIpc) is 2.78. The Labute approximate surface area is 187 Å². The molecule has 4 rings (SSSR count). The van der Waals surface area contributed by atoms with E-state index in [2.05, 4.69) is 13.0 Å². The number of halogens is 3. The third-order valence-electron chi connectivity index (χ3n) is 5.77. The van der Waals surface area contributed by atoms with Gasteiger partial charge in [0.25, 0.3) is 0 Å². The van der Waals surface area contributed by atoms with E-state index in [0.29, 0.717) is 27.1 Å². The van der Waals surface area contributed by atoms with Gasteiger partial charge in [-0.2, -0.15) is 0 Å². The topological polar surface area (TPSA) is 0 Å². The highest BCUT2D eigenvalue weighted by molar-refractivity contribution is 6.30. The van der Waals surface area contributed by atoms with Gasteiger partial charge >= 0.3 is 0 Å². The molecule has 4 aromatic carbocycles. The molecule has 31 heavy (non-hydrogen) atoms. The van der Waals surface area contributed by atoms with E-state index in [0.717, 1.165) is 23.8 Å². The fourth-order valence-electron chi connectivity index (χ4n) is 4.02. The van der Waals surface area contributed by atoms with E-state index in [1.54, 1.807) is 42.5 Å². The third-order valence-corrected chi connectivity index (χ3v) is 6.02. The summed E-state index contributed by atoms with van der Waals surface area (Å²) in [6.45, 7) is 2.20. The number of fused-ring (bicyclic) bond motifs is 1. The first-order valence-electron chi connectivity index (χ1n) is 10.8. The van der Waals surface area contributed by atoms with Crippen molar-refractivity contribution in [2.24, 2.45) is 0 Å². The largest absolute Gasteiger partial charge is 0.206 e. The molecule has 0 radical (unpaired) electrons. The molecule has 3 heteroatoms. The second kappa shape index (κ2) is 9.62. The van der Waals surface area contributed by atoms with Crippen LogP contribution in [0.5, 0.6) is 0 Å². The van der Waals surface area contributed by atoms with Crippen molar-refractivity contribution in [3.05, 3.63) is 95.0 Å². The van der Waals surface area contributed by atoms with Gasteiger partial charge in [-0.25, -0.2) is 8.78 Å². The standard InChI is InChI=1S/C28H25ClF2/c1-2-3-4-5-6-19-7-14-25-21(17-19)11-16-26(28(25)31)22-10-15-24(27(30)18-22)20-8-12-23(29)13-9-20/h7-18H,2-6H2,1H3. The number of benzene rings is 4. The van der Waals surface area contributed by atoms with E-state index in [9.17, 15) is 4.39 Å². The van der Waals surface area contributed by atoms with Crippen molar-refractivity contribution in [1.29, 1.82) is 0 Å². The maximum atomic E-state index is 15.3. The second-order valence-electron chi connectivity index (χ2n) is 7.99. The fraction of sp³-hybridized carbons (Fsp3) is 0.214. The predicted octanol–water partition coefficient (Wildman–Crippen LogP) is 9.23. The van der Waals surface area contributed by atoms with Crippen molar-refractivity contribution in [3.63, 3.8) is 0 Å². The van der Waals surface area contributed by atoms with E-state index in [1.807, 2.05) is 18.2 Å². The Morgan fingerprint density at radius 1 is 0.710 bits per heavy atom. The van der Waals surface area contributed by atoms with Crippen LogP contribution in [-0.2, 0) is 6.42 Å². The van der Waals surface area contributed by atoms with Crippen molar-refractivity contribution >= 4 is 22.4 Å². The van der Waals surface area contributed by atoms with Crippen LogP contribution in [0.2, 0.25) is 5.02 Å². The number of unbranched alkanes of at least 4 members (excludes halogenated alkanes) is 3. The maximum absolute atomic E-state index is 15.3. The summed E-state index contributed by atoms with van der Waals surface area (Å²) in [4.78, 5) is 0. The Kier molecular flexibility index (Phi) is 6.67. The minimum Gasteiger partial charge on any atom is -0.206 e. The highest BCUT2D eigenvalue weighted by Crippen LogP contribution is 2.33. The smallest absolute Gasteiger partial charge is 0.138 e. The van der Waals surface area contributed by atoms with Crippen LogP contribution in [0.3, 0.4) is 0 Å². The van der Waals surface area contributed by atoms with Crippen LogP contribution in [0.4, 0.5) is 8.78 Å². The van der Waals surface area contributed by atoms with Crippen LogP contribution in [0.1, 0.15) is 38.2 Å². The van der Waals surface area contributed by atoms with Gasteiger partial charge in [-0.05, 0) is 53.1 Å². The Morgan fingerprint density at radius 3 is 2.19 bits per heavy atom. The van der Waals surface area contributed by atoms with Gasteiger partial charge in [0.1, 0.15) is 11.6 Å². The van der Waals surface area contributed by atoms with Gasteiger partial charge in [-0.3, -0.25) is 0 Å². The summed E-state index contributed by atoms with van der Waals surface area (Å²) in [6, 6.07) is 21.5. The molecule has 0 saturated heterocycles. The van der Waals surface area contributed by atoms with Crippen LogP contribution >= 0.6 is 11.6 Å². The number of aryl methyl sites for hydroxylation is 1. The molecule has 0 nitrogen and oxygen atoms in total. The summed E-state index contributed by atoms with van der Waals surface area (Å²) in [6.07, 6.45) is 5.85. The highest BCUT2D eigenvalue weighted by atomic mass is 35.5. The van der Waals surface area contributed by atoms with Crippen LogP contribution < -0.4 is 0 Å². The molecule has 0 heterocycles. The highest BCUT2D eigenvalue weighted by Gasteiger charge is 2.13. The quantitative estimate of drug-likeness (QED) is 0.254. The van der Waals surface area contributed by atoms with E-state index in [-0.39, 0.29) is 11.6 Å². The summed E-state index contributed by atoms with van der Waals surface area (Å²) in [7, 11) is 0. The molecule has 0 spiro atoms. The van der Waals surface area contributed by atoms with E-state index in [1.165, 1.54) is 30.9 Å². The third kappa shape index (κ3) is 4.80. The second-order valence-corrected chi connectivity index (χ2v) is 8.43. The average molecular weight is 435 g/mol. The van der Waals surface area contributed by atoms with Crippen molar-refractivity contribution in [1.82, 2.24) is 0 Å². The lowest BCUT2D eigenvalue weighted by molar-refractivity contribution is 0.630. The van der Waals surface area contributed by atoms with Crippen LogP contribution in [0.15, 0.2) is 72.8 Å². The van der Waals surface area contributed by atoms with E-state index >= 15 is 4.39 Å². The first kappa shape index (κ1) is 21.5. The maximum Gasteiger partial charge on any atom is 0.138 e. The normalized spacial score (nSPS) is 11.2. The van der Waals surface area contributed by atoms with Crippen molar-refractivity contribution in [2.75, 3.05) is 0 Å². The molecule has 0 saturated carbocycles. The Bertz CT molecular complexity index is 1200.